The van der Waals surface area contributed by atoms with Gasteiger partial charge in [-0.05, 0) is 25.2 Å². The Labute approximate surface area is 96.3 Å². The maximum Gasteiger partial charge on any atom is 0.223 e. The van der Waals surface area contributed by atoms with Crippen molar-refractivity contribution in [3.63, 3.8) is 0 Å². The maximum absolute atomic E-state index is 11.7. The van der Waals surface area contributed by atoms with Crippen molar-refractivity contribution in [3.05, 3.63) is 0 Å². The number of carbonyl (C=O) groups is 1. The van der Waals surface area contributed by atoms with Crippen molar-refractivity contribution in [2.24, 2.45) is 11.8 Å². The lowest BCUT2D eigenvalue weighted by Crippen LogP contribution is -2.34. The molecule has 1 aliphatic carbocycles. The molecule has 1 heterocycles. The van der Waals surface area contributed by atoms with Crippen LogP contribution in [0.4, 0.5) is 0 Å². The molecule has 1 saturated carbocycles. The summed E-state index contributed by atoms with van der Waals surface area (Å²) in [6.45, 7) is 1.57. The Hall–Kier alpha value is -0.610. The summed E-state index contributed by atoms with van der Waals surface area (Å²) in [5.74, 6) is 0.741. The smallest absolute Gasteiger partial charge is 0.223 e. The topological polar surface area (TPSA) is 60.8 Å². The van der Waals surface area contributed by atoms with Crippen LogP contribution in [0.1, 0.15) is 32.1 Å². The minimum absolute atomic E-state index is 0.107. The molecule has 3 atom stereocenters. The van der Waals surface area contributed by atoms with Crippen LogP contribution < -0.4 is 0 Å². The molecular formula is C12H21NO3. The number of rotatable bonds is 3. The van der Waals surface area contributed by atoms with E-state index in [4.69, 9.17) is 5.11 Å². The molecule has 0 spiro atoms. The van der Waals surface area contributed by atoms with Gasteiger partial charge in [0, 0.05) is 32.0 Å². The van der Waals surface area contributed by atoms with Crippen LogP contribution in [0.25, 0.3) is 0 Å². The van der Waals surface area contributed by atoms with E-state index in [9.17, 15) is 9.90 Å². The second-order valence-corrected chi connectivity index (χ2v) is 5.24. The quantitative estimate of drug-likeness (QED) is 0.732. The largest absolute Gasteiger partial charge is 0.396 e. The third-order valence-electron chi connectivity index (χ3n) is 3.79. The fourth-order valence-corrected chi connectivity index (χ4v) is 2.89. The number of hydrogen-bond acceptors (Lipinski definition) is 3. The minimum atomic E-state index is -0.176. The van der Waals surface area contributed by atoms with Crippen LogP contribution in [0.5, 0.6) is 0 Å². The molecule has 1 saturated heterocycles. The highest BCUT2D eigenvalue weighted by Crippen LogP contribution is 2.27. The van der Waals surface area contributed by atoms with E-state index < -0.39 is 0 Å². The normalized spacial score (nSPS) is 35.8. The minimum Gasteiger partial charge on any atom is -0.396 e. The summed E-state index contributed by atoms with van der Waals surface area (Å²) in [6.07, 6.45) is 4.23. The van der Waals surface area contributed by atoms with E-state index in [0.29, 0.717) is 18.9 Å². The molecule has 92 valence electrons. The highest BCUT2D eigenvalue weighted by molar-refractivity contribution is 5.78. The molecule has 16 heavy (non-hydrogen) atoms. The number of aliphatic hydroxyl groups is 2. The summed E-state index contributed by atoms with van der Waals surface area (Å²) in [5.41, 5.74) is 0. The molecule has 0 aromatic carbocycles. The number of hydrogen-bond donors (Lipinski definition) is 2. The summed E-state index contributed by atoms with van der Waals surface area (Å²) in [7, 11) is 0. The average molecular weight is 227 g/mol. The molecule has 2 N–H and O–H groups in total. The Kier molecular flexibility index (Phi) is 3.82. The van der Waals surface area contributed by atoms with E-state index in [1.165, 1.54) is 0 Å². The summed E-state index contributed by atoms with van der Waals surface area (Å²) in [6, 6.07) is 0. The van der Waals surface area contributed by atoms with E-state index >= 15 is 0 Å². The highest BCUT2D eigenvalue weighted by Gasteiger charge is 2.31. The van der Waals surface area contributed by atoms with Crippen molar-refractivity contribution in [3.8, 4) is 0 Å². The van der Waals surface area contributed by atoms with Gasteiger partial charge in [-0.15, -0.1) is 0 Å². The second-order valence-electron chi connectivity index (χ2n) is 5.24. The van der Waals surface area contributed by atoms with E-state index in [-0.39, 0.29) is 24.5 Å². The molecule has 4 nitrogen and oxygen atoms in total. The van der Waals surface area contributed by atoms with Gasteiger partial charge in [-0.2, -0.15) is 0 Å². The van der Waals surface area contributed by atoms with Gasteiger partial charge in [0.25, 0.3) is 0 Å². The molecule has 1 aliphatic heterocycles. The Balaban J connectivity index is 1.82. The fourth-order valence-electron chi connectivity index (χ4n) is 2.89. The molecule has 2 fully saturated rings. The van der Waals surface area contributed by atoms with Crippen molar-refractivity contribution in [1.82, 2.24) is 4.90 Å². The first-order valence-electron chi connectivity index (χ1n) is 6.25. The summed E-state index contributed by atoms with van der Waals surface area (Å²) < 4.78 is 0. The van der Waals surface area contributed by atoms with Crippen molar-refractivity contribution in [2.45, 2.75) is 38.2 Å². The first-order chi connectivity index (χ1) is 7.69. The SMILES string of the molecule is O=C1CC(CO)CN1CC1CCCC(O)C1. The standard InChI is InChI=1S/C12H21NO3/c14-8-10-5-12(16)13(7-10)6-9-2-1-3-11(15)4-9/h9-11,14-15H,1-8H2. The van der Waals surface area contributed by atoms with Crippen molar-refractivity contribution in [2.75, 3.05) is 19.7 Å². The number of aliphatic hydroxyl groups excluding tert-OH is 2. The van der Waals surface area contributed by atoms with E-state index in [2.05, 4.69) is 0 Å². The number of likely N-dealkylation sites (tertiary alicyclic amines) is 1. The summed E-state index contributed by atoms with van der Waals surface area (Å²) in [5, 5.41) is 18.6. The predicted molar refractivity (Wildman–Crippen MR) is 59.7 cm³/mol. The summed E-state index contributed by atoms with van der Waals surface area (Å²) >= 11 is 0. The van der Waals surface area contributed by atoms with E-state index in [1.54, 1.807) is 0 Å². The van der Waals surface area contributed by atoms with Gasteiger partial charge in [0.1, 0.15) is 0 Å². The molecular weight excluding hydrogens is 206 g/mol. The Morgan fingerprint density at radius 3 is 2.75 bits per heavy atom. The van der Waals surface area contributed by atoms with Crippen LogP contribution in [-0.4, -0.2) is 46.8 Å². The predicted octanol–water partition coefficient (Wildman–Crippen LogP) is 0.378. The van der Waals surface area contributed by atoms with E-state index in [1.807, 2.05) is 4.90 Å². The molecule has 0 aromatic rings. The molecule has 1 amide bonds. The molecule has 2 rings (SSSR count). The highest BCUT2D eigenvalue weighted by atomic mass is 16.3. The monoisotopic (exact) mass is 227 g/mol. The molecule has 2 aliphatic rings. The Morgan fingerprint density at radius 1 is 1.31 bits per heavy atom. The lowest BCUT2D eigenvalue weighted by Gasteiger charge is -2.29. The molecule has 0 radical (unpaired) electrons. The van der Waals surface area contributed by atoms with Crippen molar-refractivity contribution in [1.29, 1.82) is 0 Å². The molecule has 0 bridgehead atoms. The zero-order valence-corrected chi connectivity index (χ0v) is 9.64. The van der Waals surface area contributed by atoms with Crippen LogP contribution >= 0.6 is 0 Å². The van der Waals surface area contributed by atoms with Crippen LogP contribution in [-0.2, 0) is 4.79 Å². The third kappa shape index (κ3) is 2.74. The van der Waals surface area contributed by atoms with Crippen molar-refractivity contribution >= 4 is 5.91 Å². The Bertz CT molecular complexity index is 257. The molecule has 0 aromatic heterocycles. The zero-order valence-electron chi connectivity index (χ0n) is 9.64. The molecule has 4 heteroatoms. The van der Waals surface area contributed by atoms with Gasteiger partial charge in [0.15, 0.2) is 0 Å². The van der Waals surface area contributed by atoms with Crippen LogP contribution in [0.3, 0.4) is 0 Å². The maximum atomic E-state index is 11.7. The van der Waals surface area contributed by atoms with Crippen LogP contribution in [0.15, 0.2) is 0 Å². The van der Waals surface area contributed by atoms with Crippen LogP contribution in [0.2, 0.25) is 0 Å². The second kappa shape index (κ2) is 5.15. The van der Waals surface area contributed by atoms with Gasteiger partial charge in [-0.25, -0.2) is 0 Å². The Morgan fingerprint density at radius 2 is 2.12 bits per heavy atom. The van der Waals surface area contributed by atoms with Gasteiger partial charge in [0.05, 0.1) is 6.10 Å². The molecule has 3 unspecified atom stereocenters. The van der Waals surface area contributed by atoms with Gasteiger partial charge < -0.3 is 15.1 Å². The fraction of sp³-hybridized carbons (Fsp3) is 0.917. The first-order valence-corrected chi connectivity index (χ1v) is 6.25. The summed E-state index contributed by atoms with van der Waals surface area (Å²) in [4.78, 5) is 13.5. The number of amides is 1. The zero-order chi connectivity index (χ0) is 11.5. The third-order valence-corrected chi connectivity index (χ3v) is 3.79. The van der Waals surface area contributed by atoms with Crippen molar-refractivity contribution < 1.29 is 15.0 Å². The average Bonchev–Trinajstić information content (AvgIpc) is 2.60. The van der Waals surface area contributed by atoms with Gasteiger partial charge >= 0.3 is 0 Å². The lowest BCUT2D eigenvalue weighted by atomic mass is 9.87. The number of nitrogens with zero attached hydrogens (tertiary/aromatic N) is 1. The van der Waals surface area contributed by atoms with Gasteiger partial charge in [-0.3, -0.25) is 4.79 Å². The van der Waals surface area contributed by atoms with Gasteiger partial charge in [0.2, 0.25) is 5.91 Å². The van der Waals surface area contributed by atoms with E-state index in [0.717, 1.165) is 32.2 Å². The van der Waals surface area contributed by atoms with Crippen LogP contribution in [0, 0.1) is 11.8 Å². The first kappa shape index (κ1) is 11.9. The van der Waals surface area contributed by atoms with Gasteiger partial charge in [-0.1, -0.05) is 6.42 Å². The number of carbonyl (C=O) groups excluding carboxylic acids is 1. The lowest BCUT2D eigenvalue weighted by molar-refractivity contribution is -0.128.